The number of rotatable bonds is 5. The molecule has 7 heteroatoms. The van der Waals surface area contributed by atoms with Crippen molar-refractivity contribution in [2.24, 2.45) is 5.73 Å². The van der Waals surface area contributed by atoms with E-state index in [0.717, 1.165) is 37.3 Å². The lowest BCUT2D eigenvalue weighted by atomic mass is 10.3. The van der Waals surface area contributed by atoms with Crippen LogP contribution >= 0.6 is 0 Å². The van der Waals surface area contributed by atoms with Gasteiger partial charge in [-0.1, -0.05) is 0 Å². The molecule has 0 bridgehead atoms. The minimum Gasteiger partial charge on any atom is -0.464 e. The van der Waals surface area contributed by atoms with Crippen molar-refractivity contribution in [2.45, 2.75) is 38.8 Å². The van der Waals surface area contributed by atoms with Crippen LogP contribution in [0.25, 0.3) is 0 Å². The van der Waals surface area contributed by atoms with E-state index in [9.17, 15) is 9.59 Å². The first-order valence-corrected chi connectivity index (χ1v) is 8.64. The van der Waals surface area contributed by atoms with E-state index in [1.807, 2.05) is 24.0 Å². The first-order chi connectivity index (χ1) is 11.5. The largest absolute Gasteiger partial charge is 0.464 e. The van der Waals surface area contributed by atoms with Gasteiger partial charge in [0.05, 0.1) is 13.1 Å². The molecule has 0 aromatic carbocycles. The second-order valence-electron chi connectivity index (χ2n) is 6.72. The number of hydrogen-bond acceptors (Lipinski definition) is 4. The Hall–Kier alpha value is -2.02. The molecule has 0 radical (unpaired) electrons. The Kier molecular flexibility index (Phi) is 5.08. The number of carbonyl (C=O) groups is 2. The molecule has 7 nitrogen and oxygen atoms in total. The van der Waals surface area contributed by atoms with Crippen LogP contribution in [0.1, 0.15) is 30.8 Å². The number of furan rings is 1. The maximum absolute atomic E-state index is 12.8. The third-order valence-electron chi connectivity index (χ3n) is 4.69. The molecular weight excluding hydrogens is 308 g/mol. The number of amides is 3. The van der Waals surface area contributed by atoms with Gasteiger partial charge in [0.15, 0.2) is 0 Å². The summed E-state index contributed by atoms with van der Waals surface area (Å²) in [6.45, 7) is 5.60. The highest BCUT2D eigenvalue weighted by atomic mass is 16.3. The molecule has 1 aliphatic carbocycles. The smallest absolute Gasteiger partial charge is 0.314 e. The van der Waals surface area contributed by atoms with E-state index in [4.69, 9.17) is 10.2 Å². The normalized spacial score (nSPS) is 19.1. The fourth-order valence-electron chi connectivity index (χ4n) is 3.18. The van der Waals surface area contributed by atoms with Gasteiger partial charge in [0, 0.05) is 32.2 Å². The van der Waals surface area contributed by atoms with Crippen molar-refractivity contribution >= 4 is 11.9 Å². The molecule has 1 aliphatic heterocycles. The number of nitrogens with zero attached hydrogens (tertiary/aromatic N) is 3. The first-order valence-electron chi connectivity index (χ1n) is 8.64. The molecule has 2 fully saturated rings. The monoisotopic (exact) mass is 334 g/mol. The van der Waals surface area contributed by atoms with Crippen molar-refractivity contribution in [3.05, 3.63) is 23.7 Å². The second kappa shape index (κ2) is 7.25. The summed E-state index contributed by atoms with van der Waals surface area (Å²) < 4.78 is 5.63. The second-order valence-corrected chi connectivity index (χ2v) is 6.72. The highest BCUT2D eigenvalue weighted by Crippen LogP contribution is 2.29. The molecule has 0 atom stereocenters. The SMILES string of the molecule is Cc1ccc(CN(C(=O)CN2CCCN(C(N)=O)CC2)C2CC2)o1. The van der Waals surface area contributed by atoms with Gasteiger partial charge in [0.2, 0.25) is 5.91 Å². The van der Waals surface area contributed by atoms with Crippen molar-refractivity contribution in [1.82, 2.24) is 14.7 Å². The number of aryl methyl sites for hydroxylation is 1. The maximum Gasteiger partial charge on any atom is 0.314 e. The lowest BCUT2D eigenvalue weighted by Crippen LogP contribution is -2.43. The molecule has 2 heterocycles. The van der Waals surface area contributed by atoms with Crippen LogP contribution in [0.4, 0.5) is 4.79 Å². The number of hydrogen-bond donors (Lipinski definition) is 1. The molecule has 1 aromatic rings. The van der Waals surface area contributed by atoms with Crippen LogP contribution in [0.15, 0.2) is 16.5 Å². The Bertz CT molecular complexity index is 596. The lowest BCUT2D eigenvalue weighted by Gasteiger charge is -2.26. The standard InChI is InChI=1S/C17H26N4O3/c1-13-3-6-15(24-13)11-21(14-4-5-14)16(22)12-19-7-2-8-20(10-9-19)17(18)23/h3,6,14H,2,4-5,7-12H2,1H3,(H2,18,23). The van der Waals surface area contributed by atoms with Crippen molar-refractivity contribution in [3.63, 3.8) is 0 Å². The minimum atomic E-state index is -0.379. The summed E-state index contributed by atoms with van der Waals surface area (Å²) in [6.07, 6.45) is 2.98. The van der Waals surface area contributed by atoms with Gasteiger partial charge in [-0.3, -0.25) is 9.69 Å². The predicted molar refractivity (Wildman–Crippen MR) is 89.2 cm³/mol. The van der Waals surface area contributed by atoms with Gasteiger partial charge in [-0.2, -0.15) is 0 Å². The number of carbonyl (C=O) groups excluding carboxylic acids is 2. The molecule has 1 saturated heterocycles. The first kappa shape index (κ1) is 16.8. The molecule has 24 heavy (non-hydrogen) atoms. The van der Waals surface area contributed by atoms with Gasteiger partial charge < -0.3 is 20.0 Å². The molecule has 2 N–H and O–H groups in total. The number of primary amides is 1. The topological polar surface area (TPSA) is 83.0 Å². The van der Waals surface area contributed by atoms with Crippen molar-refractivity contribution < 1.29 is 14.0 Å². The zero-order valence-corrected chi connectivity index (χ0v) is 14.2. The molecule has 1 saturated carbocycles. The molecule has 0 unspecified atom stereocenters. The van der Waals surface area contributed by atoms with E-state index in [1.54, 1.807) is 4.90 Å². The summed E-state index contributed by atoms with van der Waals surface area (Å²) >= 11 is 0. The highest BCUT2D eigenvalue weighted by molar-refractivity contribution is 5.79. The van der Waals surface area contributed by atoms with Crippen molar-refractivity contribution in [2.75, 3.05) is 32.7 Å². The molecule has 2 aliphatic rings. The summed E-state index contributed by atoms with van der Waals surface area (Å²) in [7, 11) is 0. The summed E-state index contributed by atoms with van der Waals surface area (Å²) in [5.74, 6) is 1.84. The van der Waals surface area contributed by atoms with E-state index in [1.165, 1.54) is 0 Å². The van der Waals surface area contributed by atoms with Gasteiger partial charge >= 0.3 is 6.03 Å². The van der Waals surface area contributed by atoms with E-state index in [2.05, 4.69) is 4.90 Å². The highest BCUT2D eigenvalue weighted by Gasteiger charge is 2.34. The third-order valence-corrected chi connectivity index (χ3v) is 4.69. The number of urea groups is 1. The summed E-state index contributed by atoms with van der Waals surface area (Å²) in [5, 5.41) is 0. The van der Waals surface area contributed by atoms with Crippen LogP contribution in [-0.2, 0) is 11.3 Å². The van der Waals surface area contributed by atoms with Crippen molar-refractivity contribution in [3.8, 4) is 0 Å². The molecule has 3 amide bonds. The fraction of sp³-hybridized carbons (Fsp3) is 0.647. The third kappa shape index (κ3) is 4.29. The lowest BCUT2D eigenvalue weighted by molar-refractivity contribution is -0.133. The van der Waals surface area contributed by atoms with E-state index in [-0.39, 0.29) is 11.9 Å². The van der Waals surface area contributed by atoms with Gasteiger partial charge in [-0.15, -0.1) is 0 Å². The maximum atomic E-state index is 12.8. The molecule has 3 rings (SSSR count). The van der Waals surface area contributed by atoms with Gasteiger partial charge in [0.25, 0.3) is 0 Å². The van der Waals surface area contributed by atoms with E-state index < -0.39 is 0 Å². The van der Waals surface area contributed by atoms with Crippen LogP contribution in [0.2, 0.25) is 0 Å². The fourth-order valence-corrected chi connectivity index (χ4v) is 3.18. The van der Waals surface area contributed by atoms with E-state index >= 15 is 0 Å². The Morgan fingerprint density at radius 2 is 2.04 bits per heavy atom. The Labute approximate surface area is 142 Å². The zero-order valence-electron chi connectivity index (χ0n) is 14.2. The van der Waals surface area contributed by atoms with Crippen LogP contribution < -0.4 is 5.73 Å². The van der Waals surface area contributed by atoms with Crippen LogP contribution in [0.5, 0.6) is 0 Å². The minimum absolute atomic E-state index is 0.138. The summed E-state index contributed by atoms with van der Waals surface area (Å²) in [5.41, 5.74) is 5.35. The quantitative estimate of drug-likeness (QED) is 0.876. The average molecular weight is 334 g/mol. The van der Waals surface area contributed by atoms with Crippen LogP contribution in [-0.4, -0.2) is 65.4 Å². The zero-order chi connectivity index (χ0) is 17.1. The molecular formula is C17H26N4O3. The Morgan fingerprint density at radius 3 is 2.67 bits per heavy atom. The van der Waals surface area contributed by atoms with E-state index in [0.29, 0.717) is 38.8 Å². The molecule has 1 aromatic heterocycles. The van der Waals surface area contributed by atoms with Gasteiger partial charge in [-0.05, 0) is 38.3 Å². The Balaban J connectivity index is 1.56. The predicted octanol–water partition coefficient (Wildman–Crippen LogP) is 1.17. The van der Waals surface area contributed by atoms with Crippen molar-refractivity contribution in [1.29, 1.82) is 0 Å². The van der Waals surface area contributed by atoms with Gasteiger partial charge in [-0.25, -0.2) is 4.79 Å². The summed E-state index contributed by atoms with van der Waals surface area (Å²) in [6, 6.07) is 3.83. The Morgan fingerprint density at radius 1 is 1.25 bits per heavy atom. The van der Waals surface area contributed by atoms with Gasteiger partial charge in [0.1, 0.15) is 11.5 Å². The molecule has 0 spiro atoms. The summed E-state index contributed by atoms with van der Waals surface area (Å²) in [4.78, 5) is 29.8. The van der Waals surface area contributed by atoms with Crippen LogP contribution in [0.3, 0.4) is 0 Å². The van der Waals surface area contributed by atoms with Crippen LogP contribution in [0, 0.1) is 6.92 Å². The number of nitrogens with two attached hydrogens (primary N) is 1. The average Bonchev–Trinajstić information content (AvgIpc) is 3.32. The molecule has 132 valence electrons.